The minimum Gasteiger partial charge on any atom is -0.478 e. The third-order valence-corrected chi connectivity index (χ3v) is 3.22. The largest absolute Gasteiger partial charge is 0.478 e. The average Bonchev–Trinajstić information content (AvgIpc) is 2.25. The second kappa shape index (κ2) is 5.01. The lowest BCUT2D eigenvalue weighted by atomic mass is 10.2. The van der Waals surface area contributed by atoms with Crippen molar-refractivity contribution in [3.05, 3.63) is 36.4 Å². The molecule has 0 amide bonds. The monoisotopic (exact) mass is 255 g/mol. The van der Waals surface area contributed by atoms with Crippen LogP contribution in [-0.4, -0.2) is 32.3 Å². The van der Waals surface area contributed by atoms with Crippen LogP contribution in [0.1, 0.15) is 0 Å². The topological polar surface area (TPSA) is 83.5 Å². The molecule has 6 heteroatoms. The van der Waals surface area contributed by atoms with Crippen molar-refractivity contribution < 1.29 is 18.3 Å². The maximum absolute atomic E-state index is 11.2. The fourth-order valence-electron chi connectivity index (χ4n) is 1.10. The van der Waals surface area contributed by atoms with Crippen LogP contribution in [0.3, 0.4) is 0 Å². The van der Waals surface area contributed by atoms with Crippen LogP contribution in [0.25, 0.3) is 0 Å². The summed E-state index contributed by atoms with van der Waals surface area (Å²) in [5, 5.41) is 11.4. The van der Waals surface area contributed by atoms with Crippen molar-refractivity contribution in [1.82, 2.24) is 0 Å². The summed E-state index contributed by atoms with van der Waals surface area (Å²) in [6.07, 6.45) is 1.13. The molecule has 17 heavy (non-hydrogen) atoms. The molecule has 5 nitrogen and oxygen atoms in total. The predicted octanol–water partition coefficient (Wildman–Crippen LogP) is 1.14. The molecule has 2 N–H and O–H groups in total. The van der Waals surface area contributed by atoms with Gasteiger partial charge in [0.2, 0.25) is 0 Å². The van der Waals surface area contributed by atoms with E-state index in [1.165, 1.54) is 12.1 Å². The van der Waals surface area contributed by atoms with Crippen LogP contribution in [0.4, 0.5) is 5.69 Å². The minimum absolute atomic E-state index is 0.0391. The van der Waals surface area contributed by atoms with Crippen molar-refractivity contribution in [3.8, 4) is 0 Å². The van der Waals surface area contributed by atoms with Gasteiger partial charge in [0.25, 0.3) is 0 Å². The number of anilines is 1. The first-order valence-corrected chi connectivity index (χ1v) is 6.65. The predicted molar refractivity (Wildman–Crippen MR) is 64.8 cm³/mol. The first-order chi connectivity index (χ1) is 7.80. The van der Waals surface area contributed by atoms with E-state index < -0.39 is 15.8 Å². The van der Waals surface area contributed by atoms with Gasteiger partial charge in [0.1, 0.15) is 0 Å². The van der Waals surface area contributed by atoms with Gasteiger partial charge in [-0.3, -0.25) is 0 Å². The lowest BCUT2D eigenvalue weighted by molar-refractivity contribution is -0.132. The summed E-state index contributed by atoms with van der Waals surface area (Å²) in [5.41, 5.74) is 0.678. The first kappa shape index (κ1) is 13.2. The summed E-state index contributed by atoms with van der Waals surface area (Å²) < 4.78 is 22.4. The maximum Gasteiger partial charge on any atom is 0.332 e. The molecule has 0 unspecified atom stereocenters. The quantitative estimate of drug-likeness (QED) is 0.771. The molecule has 0 aliphatic rings. The van der Waals surface area contributed by atoms with Gasteiger partial charge in [-0.2, -0.15) is 0 Å². The van der Waals surface area contributed by atoms with Gasteiger partial charge in [-0.05, 0) is 24.3 Å². The van der Waals surface area contributed by atoms with Crippen molar-refractivity contribution >= 4 is 21.5 Å². The Morgan fingerprint density at radius 1 is 1.35 bits per heavy atom. The van der Waals surface area contributed by atoms with E-state index in [4.69, 9.17) is 5.11 Å². The standard InChI is InChI=1S/C11H13NO4S/c1-8(11(13)14)7-12-9-3-5-10(6-4-9)17(2,15)16/h3-6,12H,1,7H2,2H3,(H,13,14). The van der Waals surface area contributed by atoms with Gasteiger partial charge in [-0.15, -0.1) is 0 Å². The van der Waals surface area contributed by atoms with Crippen molar-refractivity contribution in [3.63, 3.8) is 0 Å². The lowest BCUT2D eigenvalue weighted by Gasteiger charge is -2.06. The normalized spacial score (nSPS) is 10.9. The zero-order valence-electron chi connectivity index (χ0n) is 9.30. The summed E-state index contributed by atoms with van der Waals surface area (Å²) in [4.78, 5) is 10.7. The summed E-state index contributed by atoms with van der Waals surface area (Å²) in [7, 11) is -3.20. The number of rotatable bonds is 5. The molecule has 0 radical (unpaired) electrons. The number of nitrogens with one attached hydrogen (secondary N) is 1. The van der Waals surface area contributed by atoms with Crippen molar-refractivity contribution in [2.24, 2.45) is 0 Å². The first-order valence-electron chi connectivity index (χ1n) is 4.76. The van der Waals surface area contributed by atoms with Gasteiger partial charge in [0.15, 0.2) is 9.84 Å². The van der Waals surface area contributed by atoms with Crippen LogP contribution < -0.4 is 5.32 Å². The highest BCUT2D eigenvalue weighted by molar-refractivity contribution is 7.90. The molecular weight excluding hydrogens is 242 g/mol. The molecule has 1 aromatic carbocycles. The van der Waals surface area contributed by atoms with Crippen molar-refractivity contribution in [2.75, 3.05) is 18.1 Å². The van der Waals surface area contributed by atoms with Crippen LogP contribution in [0.2, 0.25) is 0 Å². The smallest absolute Gasteiger partial charge is 0.332 e. The number of carboxylic acid groups (broad SMARTS) is 1. The lowest BCUT2D eigenvalue weighted by Crippen LogP contribution is -2.11. The van der Waals surface area contributed by atoms with Gasteiger partial charge < -0.3 is 10.4 Å². The Labute approximate surface area is 99.7 Å². The van der Waals surface area contributed by atoms with Crippen LogP contribution >= 0.6 is 0 Å². The molecule has 0 saturated carbocycles. The number of carboxylic acids is 1. The summed E-state index contributed by atoms with van der Waals surface area (Å²) in [6, 6.07) is 6.07. The van der Waals surface area contributed by atoms with Gasteiger partial charge in [-0.1, -0.05) is 6.58 Å². The van der Waals surface area contributed by atoms with Crippen molar-refractivity contribution in [1.29, 1.82) is 0 Å². The Kier molecular flexibility index (Phi) is 3.90. The molecule has 1 rings (SSSR count). The van der Waals surface area contributed by atoms with E-state index in [9.17, 15) is 13.2 Å². The Bertz CT molecular complexity index is 531. The second-order valence-electron chi connectivity index (χ2n) is 3.56. The van der Waals surface area contributed by atoms with E-state index in [1.807, 2.05) is 0 Å². The molecule has 0 aliphatic carbocycles. The van der Waals surface area contributed by atoms with E-state index in [0.717, 1.165) is 6.26 Å². The molecule has 0 atom stereocenters. The zero-order chi connectivity index (χ0) is 13.1. The Hall–Kier alpha value is -1.82. The zero-order valence-corrected chi connectivity index (χ0v) is 10.1. The van der Waals surface area contributed by atoms with Gasteiger partial charge in [0.05, 0.1) is 4.90 Å². The molecule has 0 spiro atoms. The molecule has 0 saturated heterocycles. The van der Waals surface area contributed by atoms with E-state index >= 15 is 0 Å². The SMILES string of the molecule is C=C(CNc1ccc(S(C)(=O)=O)cc1)C(=O)O. The highest BCUT2D eigenvalue weighted by Crippen LogP contribution is 2.13. The Morgan fingerprint density at radius 2 is 1.88 bits per heavy atom. The fraction of sp³-hybridized carbons (Fsp3) is 0.182. The molecule has 1 aromatic rings. The molecule has 0 bridgehead atoms. The summed E-state index contributed by atoms with van der Waals surface area (Å²) >= 11 is 0. The van der Waals surface area contributed by atoms with E-state index in [2.05, 4.69) is 11.9 Å². The molecule has 0 heterocycles. The average molecular weight is 255 g/mol. The maximum atomic E-state index is 11.2. The van der Waals surface area contributed by atoms with Gasteiger partial charge >= 0.3 is 5.97 Å². The van der Waals surface area contributed by atoms with E-state index in [-0.39, 0.29) is 17.0 Å². The Balaban J connectivity index is 2.70. The molecule has 0 fully saturated rings. The Morgan fingerprint density at radius 3 is 2.29 bits per heavy atom. The number of benzene rings is 1. The highest BCUT2D eigenvalue weighted by atomic mass is 32.2. The number of sulfone groups is 1. The third kappa shape index (κ3) is 3.92. The van der Waals surface area contributed by atoms with Gasteiger partial charge in [0, 0.05) is 24.1 Å². The van der Waals surface area contributed by atoms with E-state index in [0.29, 0.717) is 5.69 Å². The molecular formula is C11H13NO4S. The number of aliphatic carboxylic acids is 1. The minimum atomic E-state index is -3.20. The highest BCUT2D eigenvalue weighted by Gasteiger charge is 2.07. The molecule has 0 aromatic heterocycles. The van der Waals surface area contributed by atoms with Crippen molar-refractivity contribution in [2.45, 2.75) is 4.90 Å². The van der Waals surface area contributed by atoms with Crippen LogP contribution in [-0.2, 0) is 14.6 Å². The number of hydrogen-bond donors (Lipinski definition) is 2. The van der Waals surface area contributed by atoms with Gasteiger partial charge in [-0.25, -0.2) is 13.2 Å². The second-order valence-corrected chi connectivity index (χ2v) is 5.57. The number of carbonyl (C=O) groups is 1. The van der Waals surface area contributed by atoms with Crippen LogP contribution in [0.15, 0.2) is 41.3 Å². The molecule has 0 aliphatic heterocycles. The van der Waals surface area contributed by atoms with E-state index in [1.54, 1.807) is 12.1 Å². The third-order valence-electron chi connectivity index (χ3n) is 2.09. The molecule has 92 valence electrons. The van der Waals surface area contributed by atoms with Crippen LogP contribution in [0, 0.1) is 0 Å². The summed E-state index contributed by atoms with van der Waals surface area (Å²) in [5.74, 6) is -1.06. The number of hydrogen-bond acceptors (Lipinski definition) is 4. The fourth-order valence-corrected chi connectivity index (χ4v) is 1.73. The summed E-state index contributed by atoms with van der Waals surface area (Å²) in [6.45, 7) is 3.47. The van der Waals surface area contributed by atoms with Crippen LogP contribution in [0.5, 0.6) is 0 Å².